The summed E-state index contributed by atoms with van der Waals surface area (Å²) >= 11 is 0. The number of rotatable bonds is 20. The first kappa shape index (κ1) is 32.7. The van der Waals surface area contributed by atoms with Crippen LogP contribution in [-0.2, 0) is 0 Å². The summed E-state index contributed by atoms with van der Waals surface area (Å²) in [5, 5.41) is 3.47. The molecule has 0 radical (unpaired) electrons. The molecule has 228 valence electrons. The van der Waals surface area contributed by atoms with Crippen LogP contribution in [0.25, 0.3) is 12.2 Å². The molecule has 0 saturated carbocycles. The monoisotopic (exact) mass is 592 g/mol. The molecule has 2 aliphatic heterocycles. The molecular formula is C39H62P2. The Kier molecular flexibility index (Phi) is 11.6. The van der Waals surface area contributed by atoms with Crippen LogP contribution in [-0.4, -0.2) is 25.7 Å². The minimum absolute atomic E-state index is 1.34. The molecule has 0 amide bonds. The second kappa shape index (κ2) is 14.5. The van der Waals surface area contributed by atoms with Gasteiger partial charge in [0.05, 0.1) is 0 Å². The molecule has 4 rings (SSSR count). The first-order chi connectivity index (χ1) is 19.9. The van der Waals surface area contributed by atoms with Crippen molar-refractivity contribution in [3.8, 4) is 0 Å². The van der Waals surface area contributed by atoms with Crippen LogP contribution in [0.15, 0.2) is 60.2 Å². The van der Waals surface area contributed by atoms with Gasteiger partial charge in [-0.15, -0.1) is 0 Å². The Balaban J connectivity index is 1.60. The van der Waals surface area contributed by atoms with Crippen molar-refractivity contribution in [1.29, 1.82) is 0 Å². The van der Waals surface area contributed by atoms with Crippen molar-refractivity contribution in [2.45, 2.75) is 123 Å². The summed E-state index contributed by atoms with van der Waals surface area (Å²) in [6.45, 7) is 10.3. The Morgan fingerprint density at radius 2 is 0.732 bits per heavy atom. The molecule has 41 heavy (non-hydrogen) atoms. The zero-order chi connectivity index (χ0) is 29.1. The number of hydrogen-bond acceptors (Lipinski definition) is 0. The molecule has 0 fully saturated rings. The topological polar surface area (TPSA) is 0 Å². The van der Waals surface area contributed by atoms with E-state index in [-0.39, 0.29) is 0 Å². The van der Waals surface area contributed by atoms with Crippen molar-refractivity contribution in [1.82, 2.24) is 0 Å². The third-order valence-corrected chi connectivity index (χ3v) is 35.4. The number of unbranched alkanes of at least 4 members (excludes halogenated alkanes) is 15. The van der Waals surface area contributed by atoms with Crippen molar-refractivity contribution >= 4 is 35.3 Å². The number of benzene rings is 2. The van der Waals surface area contributed by atoms with Crippen LogP contribution in [0.2, 0.25) is 0 Å². The van der Waals surface area contributed by atoms with E-state index in [1.807, 2.05) is 0 Å². The van der Waals surface area contributed by atoms with Gasteiger partial charge in [-0.1, -0.05) is 0 Å². The van der Waals surface area contributed by atoms with Crippen LogP contribution in [0.3, 0.4) is 0 Å². The van der Waals surface area contributed by atoms with Crippen LogP contribution in [0.1, 0.15) is 134 Å². The second-order valence-electron chi connectivity index (χ2n) is 14.1. The Hall–Kier alpha value is -1.22. The maximum absolute atomic E-state index is 2.86. The van der Waals surface area contributed by atoms with Gasteiger partial charge in [-0.25, -0.2) is 0 Å². The quantitative estimate of drug-likeness (QED) is 0.106. The molecule has 2 aromatic rings. The van der Waals surface area contributed by atoms with Gasteiger partial charge in [0.1, 0.15) is 0 Å². The van der Waals surface area contributed by atoms with Crippen molar-refractivity contribution in [3.63, 3.8) is 0 Å². The minimum atomic E-state index is -2.48. The van der Waals surface area contributed by atoms with Crippen LogP contribution < -0.4 is 10.6 Å². The Morgan fingerprint density at radius 3 is 1.10 bits per heavy atom. The van der Waals surface area contributed by atoms with Gasteiger partial charge in [-0.2, -0.15) is 0 Å². The summed E-state index contributed by atoms with van der Waals surface area (Å²) in [6, 6.07) is 19.1. The molecule has 0 atom stereocenters. The molecule has 0 aromatic heterocycles. The van der Waals surface area contributed by atoms with Crippen molar-refractivity contribution < 1.29 is 0 Å². The summed E-state index contributed by atoms with van der Waals surface area (Å²) in [7, 11) is 0. The van der Waals surface area contributed by atoms with Gasteiger partial charge < -0.3 is 0 Å². The Labute approximate surface area is 254 Å². The fourth-order valence-electron chi connectivity index (χ4n) is 8.47. The van der Waals surface area contributed by atoms with Crippen LogP contribution in [0, 0.1) is 0 Å². The average Bonchev–Trinajstić information content (AvgIpc) is 3.49. The Morgan fingerprint density at radius 1 is 0.415 bits per heavy atom. The van der Waals surface area contributed by atoms with E-state index in [0.29, 0.717) is 0 Å². The van der Waals surface area contributed by atoms with E-state index in [0.717, 1.165) is 0 Å². The molecule has 0 unspecified atom stereocenters. The van der Waals surface area contributed by atoms with Crippen molar-refractivity contribution in [2.75, 3.05) is 25.7 Å². The first-order valence-electron chi connectivity index (χ1n) is 17.5. The van der Waals surface area contributed by atoms with Gasteiger partial charge in [-0.3, -0.25) is 0 Å². The molecule has 2 heterocycles. The van der Waals surface area contributed by atoms with Gasteiger partial charge in [-0.05, 0) is 0 Å². The molecular weight excluding hydrogens is 530 g/mol. The summed E-state index contributed by atoms with van der Waals surface area (Å²) in [5.41, 5.74) is 3.03. The van der Waals surface area contributed by atoms with E-state index in [1.54, 1.807) is 10.6 Å². The number of fused-ring (bicyclic) bond motifs is 2. The summed E-state index contributed by atoms with van der Waals surface area (Å²) in [6.07, 6.45) is 26.8. The second-order valence-corrected chi connectivity index (χ2v) is 30.6. The van der Waals surface area contributed by atoms with E-state index >= 15 is 0 Å². The van der Waals surface area contributed by atoms with Gasteiger partial charge in [0.15, 0.2) is 0 Å². The van der Waals surface area contributed by atoms with Crippen LogP contribution >= 0.6 is 12.6 Å². The normalized spacial score (nSPS) is 20.5. The summed E-state index contributed by atoms with van der Waals surface area (Å²) in [5.74, 6) is 5.71. The summed E-state index contributed by atoms with van der Waals surface area (Å²) < 4.78 is 0. The van der Waals surface area contributed by atoms with E-state index in [4.69, 9.17) is 0 Å². The fourth-order valence-corrected chi connectivity index (χ4v) is 30.0. The molecule has 2 heteroatoms. The molecule has 2 aliphatic rings. The third kappa shape index (κ3) is 6.23. The SMILES string of the molecule is CCCCCCCCCCCP1(C)(P2(C)(CCCCCCCCCC)C=Cc3ccccc32)C=Cc2ccccc21. The van der Waals surface area contributed by atoms with E-state index in [1.165, 1.54) is 133 Å². The van der Waals surface area contributed by atoms with Gasteiger partial charge in [0.2, 0.25) is 0 Å². The molecule has 0 bridgehead atoms. The third-order valence-electron chi connectivity index (χ3n) is 11.4. The molecule has 0 N–H and O–H groups in total. The van der Waals surface area contributed by atoms with Gasteiger partial charge >= 0.3 is 255 Å². The first-order valence-corrected chi connectivity index (χ1v) is 24.1. The average molecular weight is 593 g/mol. The van der Waals surface area contributed by atoms with E-state index < -0.39 is 12.6 Å². The summed E-state index contributed by atoms with van der Waals surface area (Å²) in [4.78, 5) is 0. The van der Waals surface area contributed by atoms with E-state index in [9.17, 15) is 0 Å². The zero-order valence-electron chi connectivity index (χ0n) is 27.3. The van der Waals surface area contributed by atoms with E-state index in [2.05, 4.69) is 99.5 Å². The van der Waals surface area contributed by atoms with Crippen LogP contribution in [0.4, 0.5) is 0 Å². The maximum atomic E-state index is 2.86. The molecule has 0 spiro atoms. The predicted molar refractivity (Wildman–Crippen MR) is 195 cm³/mol. The van der Waals surface area contributed by atoms with Crippen molar-refractivity contribution in [2.24, 2.45) is 0 Å². The zero-order valence-corrected chi connectivity index (χ0v) is 29.0. The predicted octanol–water partition coefficient (Wildman–Crippen LogP) is 12.6. The molecule has 2 aromatic carbocycles. The molecule has 0 saturated heterocycles. The standard InChI is InChI=1S/C39H62P2/c1-5-7-9-11-13-15-17-19-25-33-41(4,35-31-37-27-21-23-29-39(37)41)40(3,32-24-18-16-14-12-10-8-6-2)34-30-36-26-20-22-28-38(36)40/h20-23,26-31,34-35H,5-19,24-25,32-33H2,1-4H3. The Bertz CT molecular complexity index is 1180. The van der Waals surface area contributed by atoms with Crippen LogP contribution in [0.5, 0.6) is 0 Å². The molecule has 0 aliphatic carbocycles. The van der Waals surface area contributed by atoms with Gasteiger partial charge in [0.25, 0.3) is 0 Å². The fraction of sp³-hybridized carbons (Fsp3) is 0.590. The van der Waals surface area contributed by atoms with Crippen molar-refractivity contribution in [3.05, 3.63) is 71.3 Å². The number of hydrogen-bond donors (Lipinski definition) is 0. The van der Waals surface area contributed by atoms with Gasteiger partial charge in [0, 0.05) is 0 Å². The molecule has 0 nitrogen and oxygen atoms in total.